The average molecular weight is 402 g/mol. The number of fused-ring (bicyclic) bond motifs is 1. The number of pyridine rings is 1. The maximum absolute atomic E-state index is 12.9. The van der Waals surface area contributed by atoms with Gasteiger partial charge in [0, 0.05) is 42.3 Å². The highest BCUT2D eigenvalue weighted by molar-refractivity contribution is 7.91. The second-order valence-electron chi connectivity index (χ2n) is 6.78. The Bertz CT molecular complexity index is 1080. The number of rotatable bonds is 3. The summed E-state index contributed by atoms with van der Waals surface area (Å²) in [6.45, 7) is 4.86. The Morgan fingerprint density at radius 3 is 2.67 bits per heavy atom. The van der Waals surface area contributed by atoms with Crippen LogP contribution in [0.2, 0.25) is 5.02 Å². The molecule has 0 saturated carbocycles. The number of nitrogens with zero attached hydrogens (tertiary/aromatic N) is 2. The van der Waals surface area contributed by atoms with Crippen molar-refractivity contribution < 1.29 is 8.42 Å². The summed E-state index contributed by atoms with van der Waals surface area (Å²) >= 11 is 5.87. The summed E-state index contributed by atoms with van der Waals surface area (Å²) in [7, 11) is -3.64. The highest BCUT2D eigenvalue weighted by Crippen LogP contribution is 2.29. The normalized spacial score (nSPS) is 18.0. The number of benzene rings is 2. The lowest BCUT2D eigenvalue weighted by molar-refractivity contribution is 0.485. The van der Waals surface area contributed by atoms with Gasteiger partial charge in [0.15, 0.2) is 0 Å². The van der Waals surface area contributed by atoms with E-state index in [1.54, 1.807) is 18.2 Å². The standard InChI is InChI=1S/C20H20ClN3O2S/c1-14-13-24(10-9-22-14)19-4-2-3-15-11-18(12-23-20(15)19)27(25,26)17-7-5-16(21)6-8-17/h2-8,11-12,14,22H,9-10,13H2,1H3/t14-/m0/s1. The van der Waals surface area contributed by atoms with E-state index in [0.717, 1.165) is 36.2 Å². The Labute approximate surface area is 163 Å². The summed E-state index contributed by atoms with van der Waals surface area (Å²) in [5.41, 5.74) is 1.86. The van der Waals surface area contributed by atoms with Crippen molar-refractivity contribution in [2.75, 3.05) is 24.5 Å². The van der Waals surface area contributed by atoms with Crippen LogP contribution < -0.4 is 10.2 Å². The van der Waals surface area contributed by atoms with Crippen molar-refractivity contribution in [1.82, 2.24) is 10.3 Å². The number of nitrogens with one attached hydrogen (secondary N) is 1. The van der Waals surface area contributed by atoms with Gasteiger partial charge in [-0.1, -0.05) is 23.7 Å². The van der Waals surface area contributed by atoms with Gasteiger partial charge in [-0.05, 0) is 43.3 Å². The molecule has 0 spiro atoms. The van der Waals surface area contributed by atoms with Crippen LogP contribution in [-0.4, -0.2) is 39.1 Å². The van der Waals surface area contributed by atoms with Crippen molar-refractivity contribution in [2.45, 2.75) is 22.8 Å². The topological polar surface area (TPSA) is 62.3 Å². The molecular weight excluding hydrogens is 382 g/mol. The average Bonchev–Trinajstić information content (AvgIpc) is 2.67. The smallest absolute Gasteiger partial charge is 0.208 e. The van der Waals surface area contributed by atoms with E-state index < -0.39 is 9.84 Å². The Morgan fingerprint density at radius 2 is 1.93 bits per heavy atom. The molecule has 1 atom stereocenters. The van der Waals surface area contributed by atoms with Crippen molar-refractivity contribution >= 4 is 38.0 Å². The van der Waals surface area contributed by atoms with Crippen molar-refractivity contribution in [3.63, 3.8) is 0 Å². The Kier molecular flexibility index (Phi) is 4.80. The first kappa shape index (κ1) is 18.2. The minimum absolute atomic E-state index is 0.183. The first-order chi connectivity index (χ1) is 12.9. The summed E-state index contributed by atoms with van der Waals surface area (Å²) in [6, 6.07) is 14.2. The first-order valence-electron chi connectivity index (χ1n) is 8.83. The van der Waals surface area contributed by atoms with E-state index in [0.29, 0.717) is 11.1 Å². The van der Waals surface area contributed by atoms with Crippen LogP contribution in [-0.2, 0) is 9.84 Å². The summed E-state index contributed by atoms with van der Waals surface area (Å²) in [4.78, 5) is 7.21. The lowest BCUT2D eigenvalue weighted by Gasteiger charge is -2.34. The molecule has 0 radical (unpaired) electrons. The highest BCUT2D eigenvalue weighted by Gasteiger charge is 2.21. The van der Waals surface area contributed by atoms with Gasteiger partial charge in [-0.25, -0.2) is 8.42 Å². The van der Waals surface area contributed by atoms with E-state index in [-0.39, 0.29) is 9.79 Å². The summed E-state index contributed by atoms with van der Waals surface area (Å²) < 4.78 is 25.8. The molecule has 2 heterocycles. The third-order valence-electron chi connectivity index (χ3n) is 4.81. The predicted molar refractivity (Wildman–Crippen MR) is 108 cm³/mol. The third kappa shape index (κ3) is 3.52. The van der Waals surface area contributed by atoms with Crippen LogP contribution in [0.5, 0.6) is 0 Å². The number of aromatic nitrogens is 1. The van der Waals surface area contributed by atoms with Gasteiger partial charge in [0.05, 0.1) is 21.0 Å². The molecule has 0 aliphatic carbocycles. The van der Waals surface area contributed by atoms with E-state index in [1.165, 1.54) is 18.3 Å². The Hall–Kier alpha value is -2.15. The third-order valence-corrected chi connectivity index (χ3v) is 6.80. The van der Waals surface area contributed by atoms with Gasteiger partial charge in [-0.3, -0.25) is 4.98 Å². The predicted octanol–water partition coefficient (Wildman–Crippen LogP) is 3.52. The highest BCUT2D eigenvalue weighted by atomic mass is 35.5. The van der Waals surface area contributed by atoms with Crippen LogP contribution >= 0.6 is 11.6 Å². The summed E-state index contributed by atoms with van der Waals surface area (Å²) in [6.07, 6.45) is 1.45. The molecule has 1 N–H and O–H groups in total. The summed E-state index contributed by atoms with van der Waals surface area (Å²) in [5, 5.41) is 4.74. The van der Waals surface area contributed by atoms with Gasteiger partial charge < -0.3 is 10.2 Å². The van der Waals surface area contributed by atoms with Crippen molar-refractivity contribution in [1.29, 1.82) is 0 Å². The van der Waals surface area contributed by atoms with Gasteiger partial charge in [-0.15, -0.1) is 0 Å². The Balaban J connectivity index is 1.76. The van der Waals surface area contributed by atoms with E-state index >= 15 is 0 Å². The molecule has 1 saturated heterocycles. The molecule has 0 unspecified atom stereocenters. The minimum atomic E-state index is -3.64. The molecule has 0 bridgehead atoms. The molecule has 140 valence electrons. The summed E-state index contributed by atoms with van der Waals surface area (Å²) in [5.74, 6) is 0. The largest absolute Gasteiger partial charge is 0.367 e. The Morgan fingerprint density at radius 1 is 1.15 bits per heavy atom. The molecule has 1 aromatic heterocycles. The van der Waals surface area contributed by atoms with Crippen molar-refractivity contribution in [3.05, 3.63) is 59.8 Å². The van der Waals surface area contributed by atoms with Gasteiger partial charge in [0.1, 0.15) is 0 Å². The van der Waals surface area contributed by atoms with E-state index in [1.807, 2.05) is 18.2 Å². The van der Waals surface area contributed by atoms with Crippen LogP contribution in [0.3, 0.4) is 0 Å². The molecule has 2 aromatic carbocycles. The van der Waals surface area contributed by atoms with E-state index in [4.69, 9.17) is 11.6 Å². The van der Waals surface area contributed by atoms with Gasteiger partial charge in [0.2, 0.25) is 9.84 Å². The maximum Gasteiger partial charge on any atom is 0.208 e. The second-order valence-corrected chi connectivity index (χ2v) is 9.16. The quantitative estimate of drug-likeness (QED) is 0.727. The van der Waals surface area contributed by atoms with Crippen molar-refractivity contribution in [3.8, 4) is 0 Å². The molecule has 4 rings (SSSR count). The number of hydrogen-bond donors (Lipinski definition) is 1. The number of anilines is 1. The van der Waals surface area contributed by atoms with Gasteiger partial charge >= 0.3 is 0 Å². The fourth-order valence-corrected chi connectivity index (χ4v) is 4.79. The number of hydrogen-bond acceptors (Lipinski definition) is 5. The molecule has 1 fully saturated rings. The zero-order valence-corrected chi connectivity index (χ0v) is 16.5. The van der Waals surface area contributed by atoms with E-state index in [9.17, 15) is 8.42 Å². The zero-order valence-electron chi connectivity index (χ0n) is 14.9. The second kappa shape index (κ2) is 7.11. The van der Waals surface area contributed by atoms with Crippen LogP contribution in [0.15, 0.2) is 64.5 Å². The molecular formula is C20H20ClN3O2S. The number of para-hydroxylation sites is 1. The van der Waals surface area contributed by atoms with Crippen LogP contribution in [0.1, 0.15) is 6.92 Å². The molecule has 1 aliphatic rings. The fraction of sp³-hybridized carbons (Fsp3) is 0.250. The minimum Gasteiger partial charge on any atom is -0.367 e. The SMILES string of the molecule is C[C@H]1CN(c2cccc3cc(S(=O)(=O)c4ccc(Cl)cc4)cnc23)CCN1. The fourth-order valence-electron chi connectivity index (χ4n) is 3.43. The number of piperazine rings is 1. The molecule has 5 nitrogen and oxygen atoms in total. The maximum atomic E-state index is 12.9. The van der Waals surface area contributed by atoms with Crippen LogP contribution in [0.25, 0.3) is 10.9 Å². The van der Waals surface area contributed by atoms with Crippen molar-refractivity contribution in [2.24, 2.45) is 0 Å². The monoisotopic (exact) mass is 401 g/mol. The lowest BCUT2D eigenvalue weighted by atomic mass is 10.1. The number of halogens is 1. The lowest BCUT2D eigenvalue weighted by Crippen LogP contribution is -2.49. The number of sulfone groups is 1. The van der Waals surface area contributed by atoms with E-state index in [2.05, 4.69) is 22.1 Å². The zero-order chi connectivity index (χ0) is 19.0. The molecule has 0 amide bonds. The molecule has 3 aromatic rings. The molecule has 1 aliphatic heterocycles. The van der Waals surface area contributed by atoms with Gasteiger partial charge in [-0.2, -0.15) is 0 Å². The molecule has 7 heteroatoms. The van der Waals surface area contributed by atoms with Crippen LogP contribution in [0, 0.1) is 0 Å². The van der Waals surface area contributed by atoms with Gasteiger partial charge in [0.25, 0.3) is 0 Å². The first-order valence-corrected chi connectivity index (χ1v) is 10.7. The van der Waals surface area contributed by atoms with Crippen LogP contribution in [0.4, 0.5) is 5.69 Å². The molecule has 27 heavy (non-hydrogen) atoms.